The monoisotopic (exact) mass is 384 g/mol. The lowest BCUT2D eigenvalue weighted by atomic mass is 9.82. The Bertz CT molecular complexity index is 835. The maximum Gasteiger partial charge on any atom is 0.255 e. The zero-order valence-electron chi connectivity index (χ0n) is 16.5. The maximum absolute atomic E-state index is 12.8. The van der Waals surface area contributed by atoms with E-state index in [1.165, 1.54) is 0 Å². The van der Waals surface area contributed by atoms with Gasteiger partial charge in [-0.15, -0.1) is 0 Å². The van der Waals surface area contributed by atoms with Crippen LogP contribution >= 0.6 is 0 Å². The summed E-state index contributed by atoms with van der Waals surface area (Å²) >= 11 is 0. The molecule has 0 spiro atoms. The summed E-state index contributed by atoms with van der Waals surface area (Å²) < 4.78 is 0. The smallest absolute Gasteiger partial charge is 0.255 e. The first-order chi connectivity index (χ1) is 13.2. The van der Waals surface area contributed by atoms with Gasteiger partial charge in [-0.3, -0.25) is 24.6 Å². The van der Waals surface area contributed by atoms with E-state index in [9.17, 15) is 14.4 Å². The number of benzene rings is 1. The fraction of sp³-hybridized carbons (Fsp3) is 0.571. The van der Waals surface area contributed by atoms with Crippen molar-refractivity contribution in [1.82, 2.24) is 15.1 Å². The highest BCUT2D eigenvalue weighted by Crippen LogP contribution is 2.31. The predicted molar refractivity (Wildman–Crippen MR) is 104 cm³/mol. The normalized spacial score (nSPS) is 27.7. The zero-order chi connectivity index (χ0) is 20.1. The van der Waals surface area contributed by atoms with E-state index in [4.69, 9.17) is 5.73 Å². The first-order valence-corrected chi connectivity index (χ1v) is 9.96. The van der Waals surface area contributed by atoms with E-state index in [-0.39, 0.29) is 35.6 Å². The number of nitrogens with one attached hydrogen (secondary N) is 1. The Morgan fingerprint density at radius 1 is 1.25 bits per heavy atom. The van der Waals surface area contributed by atoms with Crippen molar-refractivity contribution in [3.63, 3.8) is 0 Å². The minimum Gasteiger partial charge on any atom is -0.327 e. The molecule has 1 aromatic rings. The molecule has 3 aliphatic heterocycles. The summed E-state index contributed by atoms with van der Waals surface area (Å²) in [5, 5.41) is 2.34. The summed E-state index contributed by atoms with van der Waals surface area (Å²) in [6.45, 7) is 7.59. The minimum absolute atomic E-state index is 0.128. The maximum atomic E-state index is 12.8. The third-order valence-corrected chi connectivity index (χ3v) is 5.95. The van der Waals surface area contributed by atoms with Crippen LogP contribution in [0.25, 0.3) is 0 Å². The van der Waals surface area contributed by atoms with E-state index in [1.54, 1.807) is 4.90 Å². The highest BCUT2D eigenvalue weighted by Gasteiger charge is 2.39. The largest absolute Gasteiger partial charge is 0.327 e. The Kier molecular flexibility index (Phi) is 4.75. The molecule has 4 rings (SSSR count). The van der Waals surface area contributed by atoms with Gasteiger partial charge in [0.15, 0.2) is 0 Å². The topological polar surface area (TPSA) is 95.7 Å². The molecule has 3 amide bonds. The fourth-order valence-electron chi connectivity index (χ4n) is 4.95. The van der Waals surface area contributed by atoms with E-state index in [1.807, 2.05) is 12.1 Å². The second kappa shape index (κ2) is 6.97. The molecule has 0 radical (unpaired) electrons. The number of nitrogens with two attached hydrogens (primary N) is 1. The number of carbonyl (C=O) groups excluding carboxylic acids is 3. The van der Waals surface area contributed by atoms with Crippen molar-refractivity contribution in [1.29, 1.82) is 0 Å². The van der Waals surface area contributed by atoms with Gasteiger partial charge in [-0.05, 0) is 35.4 Å². The van der Waals surface area contributed by atoms with E-state index in [2.05, 4.69) is 30.1 Å². The number of hydrogen-bond acceptors (Lipinski definition) is 5. The first kappa shape index (κ1) is 19.1. The lowest BCUT2D eigenvalue weighted by Crippen LogP contribution is -2.52. The third kappa shape index (κ3) is 3.69. The molecule has 7 nitrogen and oxygen atoms in total. The van der Waals surface area contributed by atoms with Gasteiger partial charge in [-0.25, -0.2) is 0 Å². The minimum atomic E-state index is -0.568. The van der Waals surface area contributed by atoms with Gasteiger partial charge < -0.3 is 10.6 Å². The number of likely N-dealkylation sites (tertiary alicyclic amines) is 1. The van der Waals surface area contributed by atoms with Gasteiger partial charge >= 0.3 is 0 Å². The molecular weight excluding hydrogens is 356 g/mol. The van der Waals surface area contributed by atoms with Gasteiger partial charge in [0.1, 0.15) is 6.04 Å². The van der Waals surface area contributed by atoms with E-state index in [0.29, 0.717) is 18.5 Å². The molecule has 0 aromatic heterocycles. The first-order valence-electron chi connectivity index (χ1n) is 9.96. The summed E-state index contributed by atoms with van der Waals surface area (Å²) in [4.78, 5) is 40.3. The lowest BCUT2D eigenvalue weighted by Gasteiger charge is -2.41. The molecule has 0 aliphatic carbocycles. The average molecular weight is 384 g/mol. The molecule has 1 aromatic carbocycles. The van der Waals surface area contributed by atoms with Crippen molar-refractivity contribution in [3.05, 3.63) is 34.9 Å². The Balaban J connectivity index is 1.48. The molecule has 2 atom stereocenters. The molecule has 2 unspecified atom stereocenters. The lowest BCUT2D eigenvalue weighted by molar-refractivity contribution is -0.136. The van der Waals surface area contributed by atoms with Gasteiger partial charge in [0, 0.05) is 44.2 Å². The summed E-state index contributed by atoms with van der Waals surface area (Å²) in [7, 11) is 0. The number of fused-ring (bicyclic) bond motifs is 1. The Labute approximate surface area is 165 Å². The summed E-state index contributed by atoms with van der Waals surface area (Å²) in [6.07, 6.45) is 1.69. The Hall–Kier alpha value is -2.25. The Morgan fingerprint density at radius 2 is 2.04 bits per heavy atom. The zero-order valence-corrected chi connectivity index (χ0v) is 16.5. The van der Waals surface area contributed by atoms with Crippen LogP contribution in [0.5, 0.6) is 0 Å². The number of carbonyl (C=O) groups is 3. The van der Waals surface area contributed by atoms with Crippen molar-refractivity contribution in [2.45, 2.75) is 58.3 Å². The molecule has 7 heteroatoms. The molecule has 0 saturated carbocycles. The molecule has 150 valence electrons. The highest BCUT2D eigenvalue weighted by molar-refractivity contribution is 6.05. The van der Waals surface area contributed by atoms with Crippen LogP contribution in [-0.4, -0.2) is 52.7 Å². The van der Waals surface area contributed by atoms with E-state index < -0.39 is 6.04 Å². The number of imide groups is 1. The van der Waals surface area contributed by atoms with Gasteiger partial charge in [-0.2, -0.15) is 0 Å². The predicted octanol–water partition coefficient (Wildman–Crippen LogP) is 1.01. The average Bonchev–Trinajstić information content (AvgIpc) is 2.89. The molecule has 2 saturated heterocycles. The molecule has 2 fully saturated rings. The van der Waals surface area contributed by atoms with E-state index in [0.717, 1.165) is 37.2 Å². The number of amides is 3. The standard InChI is InChI=1S/C21H28N4O3/c1-21(2)8-15(22)11-24(12-21)9-13-3-4-16-14(7-13)10-25(20(16)28)17-5-6-18(26)23-19(17)27/h3-4,7,15,17H,5-6,8-12,22H2,1-2H3,(H,23,26,27). The second-order valence-corrected chi connectivity index (χ2v) is 9.19. The number of hydrogen-bond donors (Lipinski definition) is 2. The van der Waals surface area contributed by atoms with Crippen LogP contribution in [-0.2, 0) is 22.7 Å². The second-order valence-electron chi connectivity index (χ2n) is 9.19. The third-order valence-electron chi connectivity index (χ3n) is 5.95. The van der Waals surface area contributed by atoms with Crippen LogP contribution in [0.15, 0.2) is 18.2 Å². The summed E-state index contributed by atoms with van der Waals surface area (Å²) in [6, 6.07) is 5.56. The van der Waals surface area contributed by atoms with Gasteiger partial charge in [0.2, 0.25) is 11.8 Å². The molecule has 0 bridgehead atoms. The van der Waals surface area contributed by atoms with Crippen LogP contribution in [0, 0.1) is 5.41 Å². The number of nitrogens with zero attached hydrogens (tertiary/aromatic N) is 2. The van der Waals surface area contributed by atoms with Crippen LogP contribution in [0.2, 0.25) is 0 Å². The molecule has 3 N–H and O–H groups in total. The molecule has 3 aliphatic rings. The fourth-order valence-corrected chi connectivity index (χ4v) is 4.95. The number of rotatable bonds is 3. The van der Waals surface area contributed by atoms with Crippen molar-refractivity contribution in [3.8, 4) is 0 Å². The van der Waals surface area contributed by atoms with Crippen molar-refractivity contribution >= 4 is 17.7 Å². The highest BCUT2D eigenvalue weighted by atomic mass is 16.2. The Morgan fingerprint density at radius 3 is 2.75 bits per heavy atom. The SMILES string of the molecule is CC1(C)CC(N)CN(Cc2ccc3c(c2)CN(C2CCC(=O)NC2=O)C3=O)C1. The summed E-state index contributed by atoms with van der Waals surface area (Å²) in [5.41, 5.74) is 9.20. The quantitative estimate of drug-likeness (QED) is 0.758. The van der Waals surface area contributed by atoms with Crippen LogP contribution in [0.1, 0.15) is 54.6 Å². The van der Waals surface area contributed by atoms with Gasteiger partial charge in [-0.1, -0.05) is 26.0 Å². The molecular formula is C21H28N4O3. The van der Waals surface area contributed by atoms with E-state index >= 15 is 0 Å². The van der Waals surface area contributed by atoms with Crippen LogP contribution < -0.4 is 11.1 Å². The van der Waals surface area contributed by atoms with Crippen molar-refractivity contribution in [2.75, 3.05) is 13.1 Å². The molecule has 3 heterocycles. The molecule has 28 heavy (non-hydrogen) atoms. The van der Waals surface area contributed by atoms with Crippen LogP contribution in [0.3, 0.4) is 0 Å². The van der Waals surface area contributed by atoms with Crippen molar-refractivity contribution in [2.24, 2.45) is 11.1 Å². The van der Waals surface area contributed by atoms with Crippen molar-refractivity contribution < 1.29 is 14.4 Å². The number of piperidine rings is 2. The van der Waals surface area contributed by atoms with Gasteiger partial charge in [0.25, 0.3) is 5.91 Å². The summed E-state index contributed by atoms with van der Waals surface area (Å²) in [5.74, 6) is -0.769. The van der Waals surface area contributed by atoms with Crippen LogP contribution in [0.4, 0.5) is 0 Å². The van der Waals surface area contributed by atoms with Gasteiger partial charge in [0.05, 0.1) is 0 Å².